The minimum absolute atomic E-state index is 0.0876. The molecule has 9 nitrogen and oxygen atoms in total. The predicted octanol–water partition coefficient (Wildman–Crippen LogP) is 1.85. The van der Waals surface area contributed by atoms with Crippen LogP contribution in [0.4, 0.5) is 11.6 Å². The molecule has 0 fully saturated rings. The molecule has 0 aromatic carbocycles. The summed E-state index contributed by atoms with van der Waals surface area (Å²) in [5.74, 6) is 1.04. The first kappa shape index (κ1) is 18.3. The normalized spacial score (nSPS) is 10.6. The summed E-state index contributed by atoms with van der Waals surface area (Å²) in [4.78, 5) is 13.3. The van der Waals surface area contributed by atoms with Gasteiger partial charge < -0.3 is 15.8 Å². The van der Waals surface area contributed by atoms with Crippen LogP contribution in [0.5, 0.6) is 0 Å². The number of nitrogens with two attached hydrogens (primary N) is 1. The second-order valence-corrected chi connectivity index (χ2v) is 5.91. The van der Waals surface area contributed by atoms with Gasteiger partial charge in [-0.15, -0.1) is 0 Å². The van der Waals surface area contributed by atoms with Crippen LogP contribution in [0.1, 0.15) is 17.0 Å². The molecule has 0 aliphatic heterocycles. The van der Waals surface area contributed by atoms with Crippen LogP contribution in [-0.2, 0) is 4.74 Å². The van der Waals surface area contributed by atoms with Crippen LogP contribution in [-0.4, -0.2) is 45.0 Å². The van der Waals surface area contributed by atoms with Crippen LogP contribution in [0.25, 0.3) is 17.3 Å². The Morgan fingerprint density at radius 2 is 2.07 bits per heavy atom. The number of ether oxygens (including phenoxy) is 1. The average molecular weight is 364 g/mol. The quantitative estimate of drug-likeness (QED) is 0.634. The van der Waals surface area contributed by atoms with Gasteiger partial charge in [0.15, 0.2) is 0 Å². The molecule has 0 spiro atoms. The van der Waals surface area contributed by atoms with Crippen molar-refractivity contribution in [3.05, 3.63) is 41.2 Å². The highest BCUT2D eigenvalue weighted by Crippen LogP contribution is 2.25. The summed E-state index contributed by atoms with van der Waals surface area (Å²) in [5, 5.41) is 17.1. The van der Waals surface area contributed by atoms with Gasteiger partial charge in [-0.2, -0.15) is 15.3 Å². The maximum Gasteiger partial charge on any atom is 0.253 e. The number of nitrogens with one attached hydrogen (secondary N) is 1. The Kier molecular flexibility index (Phi) is 5.28. The molecule has 3 aromatic heterocycles. The molecular formula is C18H20N8O. The van der Waals surface area contributed by atoms with E-state index in [1.54, 1.807) is 17.9 Å². The van der Waals surface area contributed by atoms with E-state index in [-0.39, 0.29) is 11.4 Å². The van der Waals surface area contributed by atoms with E-state index in [4.69, 9.17) is 10.5 Å². The fraction of sp³-hybridized carbons (Fsp3) is 0.278. The molecule has 3 aromatic rings. The summed E-state index contributed by atoms with van der Waals surface area (Å²) in [6, 6.07) is 9.42. The molecule has 3 heterocycles. The zero-order chi connectivity index (χ0) is 19.4. The summed E-state index contributed by atoms with van der Waals surface area (Å²) >= 11 is 0. The molecule has 0 aliphatic carbocycles. The minimum atomic E-state index is 0.0876. The largest absolute Gasteiger partial charge is 0.383 e. The standard InChI is InChI=1S/C18H20N8O/c1-11-9-12(2)26(25-11)18-23-16(13(10-19)17(20)24-18)14-5-4-6-15(22-14)21-7-8-27-3/h4-6,9H,7-8H2,1-3H3,(H,21,22)(H2,20,23,24). The first-order chi connectivity index (χ1) is 13.0. The number of methoxy groups -OCH3 is 1. The molecule has 0 atom stereocenters. The first-order valence-electron chi connectivity index (χ1n) is 8.35. The molecule has 27 heavy (non-hydrogen) atoms. The molecule has 138 valence electrons. The maximum atomic E-state index is 9.53. The molecule has 3 N–H and O–H groups in total. The SMILES string of the molecule is COCCNc1cccc(-c2nc(-n3nc(C)cc3C)nc(N)c2C#N)n1. The van der Waals surface area contributed by atoms with Gasteiger partial charge in [-0.25, -0.2) is 14.6 Å². The number of rotatable bonds is 6. The van der Waals surface area contributed by atoms with Crippen molar-refractivity contribution >= 4 is 11.6 Å². The molecule has 9 heteroatoms. The van der Waals surface area contributed by atoms with E-state index >= 15 is 0 Å². The summed E-state index contributed by atoms with van der Waals surface area (Å²) in [5.41, 5.74) is 8.79. The second-order valence-electron chi connectivity index (χ2n) is 5.91. The van der Waals surface area contributed by atoms with Crippen LogP contribution in [0, 0.1) is 25.2 Å². The smallest absolute Gasteiger partial charge is 0.253 e. The van der Waals surface area contributed by atoms with Gasteiger partial charge >= 0.3 is 0 Å². The number of aryl methyl sites for hydroxylation is 2. The first-order valence-corrected chi connectivity index (χ1v) is 8.35. The average Bonchev–Trinajstić information content (AvgIpc) is 3.00. The van der Waals surface area contributed by atoms with Gasteiger partial charge in [0.05, 0.1) is 18.0 Å². The molecule has 0 aliphatic rings. The third-order valence-corrected chi connectivity index (χ3v) is 3.84. The summed E-state index contributed by atoms with van der Waals surface area (Å²) in [7, 11) is 1.63. The Labute approximate surface area is 156 Å². The molecule has 0 saturated carbocycles. The molecule has 0 radical (unpaired) electrons. The summed E-state index contributed by atoms with van der Waals surface area (Å²) in [6.45, 7) is 4.95. The topological polar surface area (TPSA) is 128 Å². The van der Waals surface area contributed by atoms with Crippen LogP contribution in [0.3, 0.4) is 0 Å². The lowest BCUT2D eigenvalue weighted by Crippen LogP contribution is -2.11. The number of aromatic nitrogens is 5. The molecule has 0 amide bonds. The van der Waals surface area contributed by atoms with Crippen molar-refractivity contribution in [2.24, 2.45) is 0 Å². The molecule has 0 unspecified atom stereocenters. The van der Waals surface area contributed by atoms with Crippen molar-refractivity contribution in [2.75, 3.05) is 31.3 Å². The van der Waals surface area contributed by atoms with Crippen LogP contribution >= 0.6 is 0 Å². The highest BCUT2D eigenvalue weighted by molar-refractivity contribution is 5.71. The Bertz CT molecular complexity index is 1010. The van der Waals surface area contributed by atoms with E-state index in [1.165, 1.54) is 0 Å². The van der Waals surface area contributed by atoms with E-state index in [1.807, 2.05) is 32.0 Å². The zero-order valence-electron chi connectivity index (χ0n) is 15.4. The van der Waals surface area contributed by atoms with Crippen molar-refractivity contribution in [1.82, 2.24) is 24.7 Å². The number of hydrogen-bond donors (Lipinski definition) is 2. The minimum Gasteiger partial charge on any atom is -0.383 e. The Morgan fingerprint density at radius 1 is 1.26 bits per heavy atom. The van der Waals surface area contributed by atoms with Crippen molar-refractivity contribution in [3.8, 4) is 23.4 Å². The molecular weight excluding hydrogens is 344 g/mol. The van der Waals surface area contributed by atoms with E-state index in [2.05, 4.69) is 31.4 Å². The van der Waals surface area contributed by atoms with E-state index < -0.39 is 0 Å². The van der Waals surface area contributed by atoms with Crippen LogP contribution in [0.2, 0.25) is 0 Å². The zero-order valence-corrected chi connectivity index (χ0v) is 15.4. The van der Waals surface area contributed by atoms with Gasteiger partial charge in [-0.05, 0) is 32.0 Å². The molecule has 0 bridgehead atoms. The lowest BCUT2D eigenvalue weighted by atomic mass is 10.1. The van der Waals surface area contributed by atoms with Crippen molar-refractivity contribution in [3.63, 3.8) is 0 Å². The summed E-state index contributed by atoms with van der Waals surface area (Å²) < 4.78 is 6.62. The van der Waals surface area contributed by atoms with Gasteiger partial charge in [0.25, 0.3) is 5.95 Å². The monoisotopic (exact) mass is 364 g/mol. The van der Waals surface area contributed by atoms with Gasteiger partial charge in [0.1, 0.15) is 29.0 Å². The van der Waals surface area contributed by atoms with E-state index in [0.717, 1.165) is 11.4 Å². The maximum absolute atomic E-state index is 9.53. The summed E-state index contributed by atoms with van der Waals surface area (Å²) in [6.07, 6.45) is 0. The van der Waals surface area contributed by atoms with Gasteiger partial charge in [0, 0.05) is 19.3 Å². The fourth-order valence-corrected chi connectivity index (χ4v) is 2.63. The number of hydrogen-bond acceptors (Lipinski definition) is 8. The molecule has 3 rings (SSSR count). The highest BCUT2D eigenvalue weighted by atomic mass is 16.5. The number of pyridine rings is 1. The van der Waals surface area contributed by atoms with Crippen molar-refractivity contribution in [2.45, 2.75) is 13.8 Å². The van der Waals surface area contributed by atoms with Crippen molar-refractivity contribution < 1.29 is 4.74 Å². The molecule has 0 saturated heterocycles. The third kappa shape index (κ3) is 3.86. The lowest BCUT2D eigenvalue weighted by Gasteiger charge is -2.11. The third-order valence-electron chi connectivity index (χ3n) is 3.84. The van der Waals surface area contributed by atoms with Crippen LogP contribution < -0.4 is 11.1 Å². The van der Waals surface area contributed by atoms with E-state index in [0.29, 0.717) is 36.3 Å². The Morgan fingerprint density at radius 3 is 2.74 bits per heavy atom. The number of nitrogens with zero attached hydrogens (tertiary/aromatic N) is 6. The number of nitrogen functional groups attached to an aromatic ring is 1. The van der Waals surface area contributed by atoms with Crippen LogP contribution in [0.15, 0.2) is 24.3 Å². The lowest BCUT2D eigenvalue weighted by molar-refractivity contribution is 0.210. The Hall–Kier alpha value is -3.51. The highest BCUT2D eigenvalue weighted by Gasteiger charge is 2.18. The van der Waals surface area contributed by atoms with E-state index in [9.17, 15) is 5.26 Å². The fourth-order valence-electron chi connectivity index (χ4n) is 2.63. The van der Waals surface area contributed by atoms with Gasteiger partial charge in [-0.1, -0.05) is 6.07 Å². The Balaban J connectivity index is 2.08. The van der Waals surface area contributed by atoms with Gasteiger partial charge in [0.2, 0.25) is 0 Å². The predicted molar refractivity (Wildman–Crippen MR) is 101 cm³/mol. The number of anilines is 2. The van der Waals surface area contributed by atoms with Crippen molar-refractivity contribution in [1.29, 1.82) is 5.26 Å². The number of nitriles is 1. The van der Waals surface area contributed by atoms with Gasteiger partial charge in [-0.3, -0.25) is 0 Å². The second kappa shape index (κ2) is 7.80.